The Morgan fingerprint density at radius 1 is 1.29 bits per heavy atom. The summed E-state index contributed by atoms with van der Waals surface area (Å²) in [7, 11) is 0. The Morgan fingerprint density at radius 3 is 2.86 bits per heavy atom. The quantitative estimate of drug-likeness (QED) is 0.770. The molecule has 0 saturated carbocycles. The number of rotatable bonds is 9. The molecule has 2 aromatic rings. The van der Waals surface area contributed by atoms with Gasteiger partial charge < -0.3 is 5.32 Å². The summed E-state index contributed by atoms with van der Waals surface area (Å²) >= 11 is 1.85. The molecule has 0 aromatic carbocycles. The van der Waals surface area contributed by atoms with Gasteiger partial charge in [0, 0.05) is 23.9 Å². The first-order valence-electron chi connectivity index (χ1n) is 7.96. The summed E-state index contributed by atoms with van der Waals surface area (Å²) < 4.78 is 2.04. The Kier molecular flexibility index (Phi) is 6.39. The molecule has 0 amide bonds. The zero-order valence-electron chi connectivity index (χ0n) is 13.3. The van der Waals surface area contributed by atoms with Gasteiger partial charge >= 0.3 is 0 Å². The van der Waals surface area contributed by atoms with E-state index in [4.69, 9.17) is 0 Å². The number of thiophene rings is 1. The number of nitrogens with zero attached hydrogens (tertiary/aromatic N) is 3. The zero-order valence-corrected chi connectivity index (χ0v) is 14.1. The average Bonchev–Trinajstić information content (AvgIpc) is 3.13. The van der Waals surface area contributed by atoms with Gasteiger partial charge in [-0.05, 0) is 42.8 Å². The molecule has 21 heavy (non-hydrogen) atoms. The standard InChI is InChI=1S/C16H26N4S/c1-4-8-17-14(16-13(6-3)7-10-21-16)11-15-18-12-19-20(15)9-5-2/h7,10,12,14,17H,4-6,8-9,11H2,1-3H3. The van der Waals surface area contributed by atoms with Crippen LogP contribution in [-0.2, 0) is 19.4 Å². The third kappa shape index (κ3) is 4.14. The Balaban J connectivity index is 2.18. The summed E-state index contributed by atoms with van der Waals surface area (Å²) in [5.74, 6) is 1.08. The molecule has 1 atom stereocenters. The summed E-state index contributed by atoms with van der Waals surface area (Å²) in [4.78, 5) is 5.92. The van der Waals surface area contributed by atoms with Gasteiger partial charge in [-0.2, -0.15) is 5.10 Å². The van der Waals surface area contributed by atoms with E-state index in [-0.39, 0.29) is 0 Å². The first-order valence-corrected chi connectivity index (χ1v) is 8.84. The van der Waals surface area contributed by atoms with Crippen molar-refractivity contribution >= 4 is 11.3 Å². The molecule has 0 spiro atoms. The lowest BCUT2D eigenvalue weighted by molar-refractivity contribution is 0.491. The average molecular weight is 306 g/mol. The molecule has 5 heteroatoms. The van der Waals surface area contributed by atoms with Gasteiger partial charge in [0.05, 0.1) is 0 Å². The van der Waals surface area contributed by atoms with Crippen LogP contribution in [0.5, 0.6) is 0 Å². The minimum atomic E-state index is 0.347. The fraction of sp³-hybridized carbons (Fsp3) is 0.625. The largest absolute Gasteiger partial charge is 0.309 e. The number of hydrogen-bond donors (Lipinski definition) is 1. The second-order valence-corrected chi connectivity index (χ2v) is 6.22. The lowest BCUT2D eigenvalue weighted by Crippen LogP contribution is -2.25. The van der Waals surface area contributed by atoms with Gasteiger partial charge in [0.2, 0.25) is 0 Å². The van der Waals surface area contributed by atoms with Crippen LogP contribution < -0.4 is 5.32 Å². The first kappa shape index (κ1) is 16.2. The van der Waals surface area contributed by atoms with E-state index in [0.29, 0.717) is 6.04 Å². The predicted octanol–water partition coefficient (Wildman–Crippen LogP) is 3.60. The molecule has 0 radical (unpaired) electrons. The van der Waals surface area contributed by atoms with Crippen LogP contribution in [0.15, 0.2) is 17.8 Å². The Labute approximate surface area is 131 Å². The SMILES string of the molecule is CCCNC(Cc1ncnn1CCC)c1sccc1CC. The van der Waals surface area contributed by atoms with Crippen molar-refractivity contribution in [3.05, 3.63) is 34.0 Å². The fourth-order valence-corrected chi connectivity index (χ4v) is 3.62. The number of aryl methyl sites for hydroxylation is 2. The van der Waals surface area contributed by atoms with Crippen molar-refractivity contribution in [1.29, 1.82) is 0 Å². The maximum absolute atomic E-state index is 4.46. The lowest BCUT2D eigenvalue weighted by Gasteiger charge is -2.19. The number of hydrogen-bond acceptors (Lipinski definition) is 4. The first-order chi connectivity index (χ1) is 10.3. The highest BCUT2D eigenvalue weighted by Crippen LogP contribution is 2.27. The maximum Gasteiger partial charge on any atom is 0.138 e. The third-order valence-electron chi connectivity index (χ3n) is 3.64. The Morgan fingerprint density at radius 2 is 2.14 bits per heavy atom. The molecule has 1 N–H and O–H groups in total. The highest BCUT2D eigenvalue weighted by Gasteiger charge is 2.18. The third-order valence-corrected chi connectivity index (χ3v) is 4.71. The van der Waals surface area contributed by atoms with Crippen LogP contribution in [0.1, 0.15) is 55.9 Å². The van der Waals surface area contributed by atoms with E-state index in [2.05, 4.69) is 47.6 Å². The van der Waals surface area contributed by atoms with Crippen molar-refractivity contribution in [2.75, 3.05) is 6.54 Å². The molecule has 2 rings (SSSR count). The Bertz CT molecular complexity index is 532. The van der Waals surface area contributed by atoms with Gasteiger partial charge in [-0.25, -0.2) is 4.98 Å². The van der Waals surface area contributed by atoms with Crippen molar-refractivity contribution in [3.63, 3.8) is 0 Å². The smallest absolute Gasteiger partial charge is 0.138 e. The zero-order chi connectivity index (χ0) is 15.1. The Hall–Kier alpha value is -1.20. The molecule has 0 bridgehead atoms. The highest BCUT2D eigenvalue weighted by atomic mass is 32.1. The van der Waals surface area contributed by atoms with Crippen LogP contribution >= 0.6 is 11.3 Å². The fourth-order valence-electron chi connectivity index (χ4n) is 2.55. The van der Waals surface area contributed by atoms with E-state index in [9.17, 15) is 0 Å². The van der Waals surface area contributed by atoms with Crippen LogP contribution in [0, 0.1) is 0 Å². The van der Waals surface area contributed by atoms with Crippen molar-refractivity contribution in [2.45, 2.75) is 59.0 Å². The minimum Gasteiger partial charge on any atom is -0.309 e. The van der Waals surface area contributed by atoms with Crippen LogP contribution in [0.3, 0.4) is 0 Å². The van der Waals surface area contributed by atoms with Gasteiger partial charge in [0.25, 0.3) is 0 Å². The van der Waals surface area contributed by atoms with Gasteiger partial charge in [-0.3, -0.25) is 4.68 Å². The number of nitrogens with one attached hydrogen (secondary N) is 1. The maximum atomic E-state index is 4.46. The second kappa shape index (κ2) is 8.29. The molecule has 0 saturated heterocycles. The summed E-state index contributed by atoms with van der Waals surface area (Å²) in [6.07, 6.45) is 5.91. The molecule has 1 unspecified atom stereocenters. The molecule has 0 aliphatic heterocycles. The van der Waals surface area contributed by atoms with E-state index >= 15 is 0 Å². The van der Waals surface area contributed by atoms with Crippen LogP contribution in [-0.4, -0.2) is 21.3 Å². The normalized spacial score (nSPS) is 12.7. The van der Waals surface area contributed by atoms with Gasteiger partial charge in [-0.1, -0.05) is 20.8 Å². The van der Waals surface area contributed by atoms with Crippen LogP contribution in [0.2, 0.25) is 0 Å². The van der Waals surface area contributed by atoms with Gasteiger partial charge in [0.1, 0.15) is 12.2 Å². The van der Waals surface area contributed by atoms with Gasteiger partial charge in [0.15, 0.2) is 0 Å². The van der Waals surface area contributed by atoms with Crippen molar-refractivity contribution in [3.8, 4) is 0 Å². The second-order valence-electron chi connectivity index (χ2n) is 5.27. The van der Waals surface area contributed by atoms with Crippen molar-refractivity contribution in [2.24, 2.45) is 0 Å². The molecule has 0 aliphatic rings. The molecule has 0 fully saturated rings. The topological polar surface area (TPSA) is 42.7 Å². The summed E-state index contributed by atoms with van der Waals surface area (Å²) in [6.45, 7) is 8.59. The van der Waals surface area contributed by atoms with Crippen molar-refractivity contribution < 1.29 is 0 Å². The van der Waals surface area contributed by atoms with Crippen molar-refractivity contribution in [1.82, 2.24) is 20.1 Å². The molecule has 2 aromatic heterocycles. The van der Waals surface area contributed by atoms with Crippen LogP contribution in [0.25, 0.3) is 0 Å². The van der Waals surface area contributed by atoms with Crippen LogP contribution in [0.4, 0.5) is 0 Å². The minimum absolute atomic E-state index is 0.347. The summed E-state index contributed by atoms with van der Waals surface area (Å²) in [5.41, 5.74) is 1.45. The molecule has 0 aliphatic carbocycles. The molecule has 4 nitrogen and oxygen atoms in total. The van der Waals surface area contributed by atoms with E-state index in [1.54, 1.807) is 6.33 Å². The number of aromatic nitrogens is 3. The molecular formula is C16H26N4S. The molecule has 2 heterocycles. The summed E-state index contributed by atoms with van der Waals surface area (Å²) in [6, 6.07) is 2.59. The van der Waals surface area contributed by atoms with E-state index in [1.807, 2.05) is 16.0 Å². The predicted molar refractivity (Wildman–Crippen MR) is 88.7 cm³/mol. The lowest BCUT2D eigenvalue weighted by atomic mass is 10.1. The van der Waals surface area contributed by atoms with E-state index in [0.717, 1.165) is 44.6 Å². The van der Waals surface area contributed by atoms with E-state index in [1.165, 1.54) is 10.4 Å². The van der Waals surface area contributed by atoms with Gasteiger partial charge in [-0.15, -0.1) is 11.3 Å². The van der Waals surface area contributed by atoms with E-state index < -0.39 is 0 Å². The summed E-state index contributed by atoms with van der Waals surface area (Å²) in [5, 5.41) is 10.2. The monoisotopic (exact) mass is 306 g/mol. The molecule has 116 valence electrons. The highest BCUT2D eigenvalue weighted by molar-refractivity contribution is 7.10. The molecular weight excluding hydrogens is 280 g/mol.